The van der Waals surface area contributed by atoms with Crippen LogP contribution in [0.3, 0.4) is 0 Å². The summed E-state index contributed by atoms with van der Waals surface area (Å²) < 4.78 is 15.7. The SMILES string of the molecule is COc1cc(NC(=O)CCCCCl)cc(OC)c1OC. The van der Waals surface area contributed by atoms with Crippen LogP contribution in [0.5, 0.6) is 17.2 Å². The van der Waals surface area contributed by atoms with E-state index in [1.807, 2.05) is 0 Å². The lowest BCUT2D eigenvalue weighted by molar-refractivity contribution is -0.116. The molecule has 0 aliphatic carbocycles. The van der Waals surface area contributed by atoms with Gasteiger partial charge in [0.2, 0.25) is 11.7 Å². The fraction of sp³-hybridized carbons (Fsp3) is 0.500. The number of halogens is 1. The number of anilines is 1. The molecule has 0 spiro atoms. The number of unbranched alkanes of at least 4 members (excludes halogenated alkanes) is 1. The summed E-state index contributed by atoms with van der Waals surface area (Å²) in [5, 5.41) is 2.80. The largest absolute Gasteiger partial charge is 0.493 e. The molecule has 1 aromatic rings. The maximum Gasteiger partial charge on any atom is 0.224 e. The minimum absolute atomic E-state index is 0.0654. The van der Waals surface area contributed by atoms with Crippen LogP contribution in [0.2, 0.25) is 0 Å². The Kier molecular flexibility index (Phi) is 7.01. The van der Waals surface area contributed by atoms with Crippen molar-refractivity contribution in [3.8, 4) is 17.2 Å². The maximum absolute atomic E-state index is 11.8. The van der Waals surface area contributed by atoms with Gasteiger partial charge in [-0.05, 0) is 12.8 Å². The molecular formula is C14H20ClNO4. The smallest absolute Gasteiger partial charge is 0.224 e. The van der Waals surface area contributed by atoms with Crippen LogP contribution < -0.4 is 19.5 Å². The fourth-order valence-electron chi connectivity index (χ4n) is 1.76. The molecule has 0 atom stereocenters. The summed E-state index contributed by atoms with van der Waals surface area (Å²) in [6, 6.07) is 3.39. The number of carbonyl (C=O) groups excluding carboxylic acids is 1. The predicted octanol–water partition coefficient (Wildman–Crippen LogP) is 3.06. The number of hydrogen-bond donors (Lipinski definition) is 1. The standard InChI is InChI=1S/C14H20ClNO4/c1-18-11-8-10(9-12(19-2)14(11)20-3)16-13(17)6-4-5-7-15/h8-9H,4-7H2,1-3H3,(H,16,17). The Morgan fingerprint density at radius 2 is 1.70 bits per heavy atom. The Morgan fingerprint density at radius 1 is 1.10 bits per heavy atom. The Morgan fingerprint density at radius 3 is 2.15 bits per heavy atom. The van der Waals surface area contributed by atoms with Gasteiger partial charge in [0.15, 0.2) is 11.5 Å². The van der Waals surface area contributed by atoms with Crippen molar-refractivity contribution in [1.82, 2.24) is 0 Å². The van der Waals surface area contributed by atoms with Gasteiger partial charge in [0.1, 0.15) is 0 Å². The van der Waals surface area contributed by atoms with Crippen LogP contribution in [0.1, 0.15) is 19.3 Å². The molecule has 0 heterocycles. The Balaban J connectivity index is 2.82. The summed E-state index contributed by atoms with van der Waals surface area (Å²) in [6.07, 6.45) is 2.02. The van der Waals surface area contributed by atoms with Gasteiger partial charge in [-0.3, -0.25) is 4.79 Å². The lowest BCUT2D eigenvalue weighted by Crippen LogP contribution is -2.11. The predicted molar refractivity (Wildman–Crippen MR) is 79.3 cm³/mol. The molecule has 1 rings (SSSR count). The number of alkyl halides is 1. The second kappa shape index (κ2) is 8.53. The molecule has 112 valence electrons. The number of amides is 1. The van der Waals surface area contributed by atoms with E-state index in [1.54, 1.807) is 12.1 Å². The summed E-state index contributed by atoms with van der Waals surface area (Å²) in [7, 11) is 4.59. The summed E-state index contributed by atoms with van der Waals surface area (Å²) in [6.45, 7) is 0. The maximum atomic E-state index is 11.8. The van der Waals surface area contributed by atoms with E-state index in [-0.39, 0.29) is 5.91 Å². The molecule has 0 aliphatic heterocycles. The number of hydrogen-bond acceptors (Lipinski definition) is 4. The third kappa shape index (κ3) is 4.49. The van der Waals surface area contributed by atoms with E-state index in [0.717, 1.165) is 12.8 Å². The van der Waals surface area contributed by atoms with Gasteiger partial charge in [-0.25, -0.2) is 0 Å². The van der Waals surface area contributed by atoms with Gasteiger partial charge < -0.3 is 19.5 Å². The Hall–Kier alpha value is -1.62. The summed E-state index contributed by atoms with van der Waals surface area (Å²) in [5.74, 6) is 2.00. The van der Waals surface area contributed by atoms with Crippen molar-refractivity contribution in [3.05, 3.63) is 12.1 Å². The van der Waals surface area contributed by atoms with Gasteiger partial charge >= 0.3 is 0 Å². The Labute approximate surface area is 124 Å². The van der Waals surface area contributed by atoms with E-state index in [9.17, 15) is 4.79 Å². The number of benzene rings is 1. The summed E-state index contributed by atoms with van der Waals surface area (Å²) in [5.41, 5.74) is 0.607. The molecular weight excluding hydrogens is 282 g/mol. The van der Waals surface area contributed by atoms with Crippen LogP contribution in [-0.2, 0) is 4.79 Å². The first-order valence-corrected chi connectivity index (χ1v) is 6.85. The first-order chi connectivity index (χ1) is 9.65. The lowest BCUT2D eigenvalue weighted by Gasteiger charge is -2.14. The van der Waals surface area contributed by atoms with Crippen molar-refractivity contribution in [3.63, 3.8) is 0 Å². The zero-order valence-corrected chi connectivity index (χ0v) is 12.8. The van der Waals surface area contributed by atoms with Gasteiger partial charge in [-0.15, -0.1) is 11.6 Å². The van der Waals surface area contributed by atoms with Gasteiger partial charge in [-0.2, -0.15) is 0 Å². The van der Waals surface area contributed by atoms with Crippen molar-refractivity contribution in [2.24, 2.45) is 0 Å². The van der Waals surface area contributed by atoms with Crippen LogP contribution in [0.15, 0.2) is 12.1 Å². The van der Waals surface area contributed by atoms with Crippen LogP contribution in [0.4, 0.5) is 5.69 Å². The first kappa shape index (κ1) is 16.4. The van der Waals surface area contributed by atoms with E-state index in [0.29, 0.717) is 35.2 Å². The normalized spacial score (nSPS) is 10.0. The molecule has 0 aliphatic rings. The van der Waals surface area contributed by atoms with Crippen LogP contribution in [0, 0.1) is 0 Å². The second-order valence-electron chi connectivity index (χ2n) is 4.11. The highest BCUT2D eigenvalue weighted by Crippen LogP contribution is 2.39. The molecule has 6 heteroatoms. The molecule has 20 heavy (non-hydrogen) atoms. The number of rotatable bonds is 8. The molecule has 0 unspecified atom stereocenters. The van der Waals surface area contributed by atoms with Gasteiger partial charge in [0, 0.05) is 30.1 Å². The van der Waals surface area contributed by atoms with Crippen molar-refractivity contribution < 1.29 is 19.0 Å². The minimum Gasteiger partial charge on any atom is -0.493 e. The number of methoxy groups -OCH3 is 3. The summed E-state index contributed by atoms with van der Waals surface area (Å²) >= 11 is 5.58. The average Bonchev–Trinajstić information content (AvgIpc) is 2.46. The number of carbonyl (C=O) groups is 1. The van der Waals surface area contributed by atoms with Crippen LogP contribution >= 0.6 is 11.6 Å². The highest BCUT2D eigenvalue weighted by molar-refractivity contribution is 6.17. The third-order valence-corrected chi connectivity index (χ3v) is 3.00. The van der Waals surface area contributed by atoms with Gasteiger partial charge in [-0.1, -0.05) is 0 Å². The van der Waals surface area contributed by atoms with Crippen molar-refractivity contribution in [2.75, 3.05) is 32.5 Å². The molecule has 0 saturated heterocycles. The fourth-order valence-corrected chi connectivity index (χ4v) is 1.95. The molecule has 1 amide bonds. The molecule has 1 N–H and O–H groups in total. The first-order valence-electron chi connectivity index (χ1n) is 6.32. The highest BCUT2D eigenvalue weighted by atomic mass is 35.5. The number of ether oxygens (including phenoxy) is 3. The zero-order chi connectivity index (χ0) is 15.0. The highest BCUT2D eigenvalue weighted by Gasteiger charge is 2.14. The molecule has 0 radical (unpaired) electrons. The molecule has 0 fully saturated rings. The molecule has 0 aromatic heterocycles. The zero-order valence-electron chi connectivity index (χ0n) is 12.0. The molecule has 0 bridgehead atoms. The quantitative estimate of drug-likeness (QED) is 0.592. The van der Waals surface area contributed by atoms with Crippen LogP contribution in [-0.4, -0.2) is 33.1 Å². The lowest BCUT2D eigenvalue weighted by atomic mass is 10.2. The van der Waals surface area contributed by atoms with Crippen molar-refractivity contribution in [1.29, 1.82) is 0 Å². The Bertz CT molecular complexity index is 426. The topological polar surface area (TPSA) is 56.8 Å². The summed E-state index contributed by atoms with van der Waals surface area (Å²) in [4.78, 5) is 11.8. The van der Waals surface area contributed by atoms with E-state index in [4.69, 9.17) is 25.8 Å². The van der Waals surface area contributed by atoms with E-state index in [1.165, 1.54) is 21.3 Å². The monoisotopic (exact) mass is 301 g/mol. The average molecular weight is 302 g/mol. The number of nitrogens with one attached hydrogen (secondary N) is 1. The van der Waals surface area contributed by atoms with Gasteiger partial charge in [0.25, 0.3) is 0 Å². The van der Waals surface area contributed by atoms with Crippen molar-refractivity contribution >= 4 is 23.2 Å². The van der Waals surface area contributed by atoms with Gasteiger partial charge in [0.05, 0.1) is 21.3 Å². The van der Waals surface area contributed by atoms with Crippen LogP contribution in [0.25, 0.3) is 0 Å². The second-order valence-corrected chi connectivity index (χ2v) is 4.49. The third-order valence-electron chi connectivity index (χ3n) is 2.74. The molecule has 1 aromatic carbocycles. The van der Waals surface area contributed by atoms with E-state index >= 15 is 0 Å². The molecule has 5 nitrogen and oxygen atoms in total. The minimum atomic E-state index is -0.0654. The molecule has 0 saturated carbocycles. The van der Waals surface area contributed by atoms with Crippen molar-refractivity contribution in [2.45, 2.75) is 19.3 Å². The van der Waals surface area contributed by atoms with E-state index in [2.05, 4.69) is 5.32 Å². The van der Waals surface area contributed by atoms with E-state index < -0.39 is 0 Å².